The number of carbonyl (C=O) groups excluding carboxylic acids is 1. The Morgan fingerprint density at radius 3 is 2.26 bits per heavy atom. The molecule has 1 saturated heterocycles. The average Bonchev–Trinajstić information content (AvgIpc) is 2.56. The van der Waals surface area contributed by atoms with Crippen LogP contribution >= 0.6 is 0 Å². The Morgan fingerprint density at radius 2 is 1.83 bits per heavy atom. The number of rotatable bonds is 3. The summed E-state index contributed by atoms with van der Waals surface area (Å²) >= 11 is 0. The molecule has 1 fully saturated rings. The number of allylic oxidation sites excluding steroid dienone is 2. The van der Waals surface area contributed by atoms with Gasteiger partial charge in [0.05, 0.1) is 11.2 Å². The molecule has 0 unspecified atom stereocenters. The number of hydrogen-bond donors (Lipinski definition) is 0. The smallest absolute Gasteiger partial charge is 0.460 e. The third-order valence-corrected chi connectivity index (χ3v) is 4.99. The highest BCUT2D eigenvalue weighted by Crippen LogP contribution is 2.40. The first-order valence-electron chi connectivity index (χ1n) is 8.66. The van der Waals surface area contributed by atoms with Crippen molar-refractivity contribution in [2.24, 2.45) is 5.92 Å². The Labute approximate surface area is 141 Å². The van der Waals surface area contributed by atoms with Crippen molar-refractivity contribution in [1.29, 1.82) is 0 Å². The maximum absolute atomic E-state index is 11.9. The summed E-state index contributed by atoms with van der Waals surface area (Å²) in [7, 11) is -0.248. The van der Waals surface area contributed by atoms with E-state index in [9.17, 15) is 4.79 Å². The number of hydrogen-bond acceptors (Lipinski definition) is 4. The Morgan fingerprint density at radius 1 is 1.26 bits per heavy atom. The molecule has 0 N–H and O–H groups in total. The molecule has 0 amide bonds. The fourth-order valence-corrected chi connectivity index (χ4v) is 2.92. The van der Waals surface area contributed by atoms with Gasteiger partial charge in [-0.05, 0) is 79.1 Å². The lowest BCUT2D eigenvalue weighted by Crippen LogP contribution is -2.41. The first kappa shape index (κ1) is 18.5. The zero-order valence-electron chi connectivity index (χ0n) is 15.7. The van der Waals surface area contributed by atoms with E-state index in [1.165, 1.54) is 5.47 Å². The minimum Gasteiger partial charge on any atom is -0.460 e. The first-order chi connectivity index (χ1) is 10.4. The molecule has 2 rings (SSSR count). The molecular formula is C18H31BO4. The van der Waals surface area contributed by atoms with Gasteiger partial charge in [-0.25, -0.2) is 0 Å². The molecule has 4 nitrogen and oxygen atoms in total. The summed E-state index contributed by atoms with van der Waals surface area (Å²) in [6.07, 6.45) is 5.48. The summed E-state index contributed by atoms with van der Waals surface area (Å²) < 4.78 is 17.6. The van der Waals surface area contributed by atoms with Gasteiger partial charge in [0.2, 0.25) is 0 Å². The van der Waals surface area contributed by atoms with E-state index >= 15 is 0 Å². The van der Waals surface area contributed by atoms with Gasteiger partial charge in [-0.1, -0.05) is 6.08 Å². The highest BCUT2D eigenvalue weighted by atomic mass is 16.7. The third-order valence-electron chi connectivity index (χ3n) is 4.99. The predicted octanol–water partition coefficient (Wildman–Crippen LogP) is 4.08. The van der Waals surface area contributed by atoms with Crippen molar-refractivity contribution in [2.45, 2.75) is 91.0 Å². The van der Waals surface area contributed by atoms with Crippen molar-refractivity contribution in [2.75, 3.05) is 0 Å². The van der Waals surface area contributed by atoms with E-state index in [4.69, 9.17) is 14.0 Å². The topological polar surface area (TPSA) is 44.8 Å². The maximum atomic E-state index is 11.9. The van der Waals surface area contributed by atoms with Gasteiger partial charge in [0, 0.05) is 6.42 Å². The molecule has 1 aliphatic heterocycles. The molecule has 130 valence electrons. The highest BCUT2D eigenvalue weighted by molar-refractivity contribution is 6.54. The predicted molar refractivity (Wildman–Crippen MR) is 92.0 cm³/mol. The summed E-state index contributed by atoms with van der Waals surface area (Å²) in [5.41, 5.74) is 0.205. The van der Waals surface area contributed by atoms with Gasteiger partial charge >= 0.3 is 13.1 Å². The molecule has 0 bridgehead atoms. The summed E-state index contributed by atoms with van der Waals surface area (Å²) in [6, 6.07) is 0. The Balaban J connectivity index is 1.89. The molecule has 1 atom stereocenters. The summed E-state index contributed by atoms with van der Waals surface area (Å²) in [5, 5.41) is 0. The molecule has 0 spiro atoms. The van der Waals surface area contributed by atoms with Gasteiger partial charge in [-0.2, -0.15) is 0 Å². The lowest BCUT2D eigenvalue weighted by molar-refractivity contribution is -0.156. The lowest BCUT2D eigenvalue weighted by atomic mass is 9.70. The van der Waals surface area contributed by atoms with Gasteiger partial charge in [0.25, 0.3) is 0 Å². The number of esters is 1. The van der Waals surface area contributed by atoms with Gasteiger partial charge in [-0.15, -0.1) is 0 Å². The van der Waals surface area contributed by atoms with Crippen LogP contribution < -0.4 is 0 Å². The minimum absolute atomic E-state index is 0.102. The molecule has 0 saturated carbocycles. The highest BCUT2D eigenvalue weighted by Gasteiger charge is 2.52. The van der Waals surface area contributed by atoms with Crippen LogP contribution in [0.1, 0.15) is 74.1 Å². The van der Waals surface area contributed by atoms with Crippen LogP contribution in [0.3, 0.4) is 0 Å². The van der Waals surface area contributed by atoms with Crippen LogP contribution in [0.5, 0.6) is 0 Å². The van der Waals surface area contributed by atoms with Crippen LogP contribution in [0.4, 0.5) is 0 Å². The Bertz CT molecular complexity index is 472. The zero-order valence-corrected chi connectivity index (χ0v) is 15.7. The van der Waals surface area contributed by atoms with Crippen molar-refractivity contribution in [1.82, 2.24) is 0 Å². The number of ether oxygens (including phenoxy) is 1. The first-order valence-corrected chi connectivity index (χ1v) is 8.66. The van der Waals surface area contributed by atoms with Crippen LogP contribution in [0.25, 0.3) is 0 Å². The van der Waals surface area contributed by atoms with Gasteiger partial charge in [-0.3, -0.25) is 4.79 Å². The minimum atomic E-state index is -0.407. The van der Waals surface area contributed by atoms with Crippen LogP contribution in [0.15, 0.2) is 11.5 Å². The molecule has 0 aromatic rings. The standard InChI is InChI=1S/C18H31BO4/c1-16(2,3)21-15(20)12-13-8-10-14(11-9-13)19-22-17(4,5)18(6,7)23-19/h10,13H,8-9,11-12H2,1-7H3/t13-/m0/s1. The van der Waals surface area contributed by atoms with Crippen molar-refractivity contribution in [3.05, 3.63) is 11.5 Å². The van der Waals surface area contributed by atoms with Crippen LogP contribution in [-0.2, 0) is 18.8 Å². The fourth-order valence-electron chi connectivity index (χ4n) is 2.92. The number of carbonyl (C=O) groups is 1. The molecule has 5 heteroatoms. The summed E-state index contributed by atoms with van der Waals surface area (Å²) in [4.78, 5) is 11.9. The van der Waals surface area contributed by atoms with E-state index < -0.39 is 5.60 Å². The molecule has 0 radical (unpaired) electrons. The maximum Gasteiger partial charge on any atom is 0.490 e. The summed E-state index contributed by atoms with van der Waals surface area (Å²) in [5.74, 6) is 0.256. The fraction of sp³-hybridized carbons (Fsp3) is 0.833. The van der Waals surface area contributed by atoms with Crippen molar-refractivity contribution in [3.8, 4) is 0 Å². The molecule has 1 heterocycles. The second-order valence-corrected chi connectivity index (χ2v) is 8.80. The van der Waals surface area contributed by atoms with Crippen molar-refractivity contribution < 1.29 is 18.8 Å². The largest absolute Gasteiger partial charge is 0.490 e. The van der Waals surface area contributed by atoms with Crippen LogP contribution in [0.2, 0.25) is 0 Å². The Hall–Kier alpha value is -0.805. The second-order valence-electron chi connectivity index (χ2n) is 8.80. The van der Waals surface area contributed by atoms with E-state index in [1.54, 1.807) is 0 Å². The zero-order chi connectivity index (χ0) is 17.5. The van der Waals surface area contributed by atoms with E-state index in [1.807, 2.05) is 20.8 Å². The molecule has 23 heavy (non-hydrogen) atoms. The second kappa shape index (κ2) is 6.25. The third kappa shape index (κ3) is 4.60. The van der Waals surface area contributed by atoms with E-state index in [2.05, 4.69) is 33.8 Å². The van der Waals surface area contributed by atoms with E-state index in [0.717, 1.165) is 19.3 Å². The lowest BCUT2D eigenvalue weighted by Gasteiger charge is -2.32. The molecular weight excluding hydrogens is 291 g/mol. The van der Waals surface area contributed by atoms with E-state index in [-0.39, 0.29) is 24.3 Å². The monoisotopic (exact) mass is 322 g/mol. The summed E-state index contributed by atoms with van der Waals surface area (Å²) in [6.45, 7) is 14.0. The SMILES string of the molecule is CC(C)(C)OC(=O)C[C@H]1CC=C(B2OC(C)(C)C(C)(C)O2)CC1. The molecule has 2 aliphatic rings. The molecule has 0 aromatic carbocycles. The van der Waals surface area contributed by atoms with Gasteiger partial charge in [0.15, 0.2) is 0 Å². The average molecular weight is 322 g/mol. The quantitative estimate of drug-likeness (QED) is 0.580. The van der Waals surface area contributed by atoms with Crippen molar-refractivity contribution >= 4 is 13.1 Å². The Kier molecular flexibility index (Phi) is 5.03. The van der Waals surface area contributed by atoms with Crippen LogP contribution in [-0.4, -0.2) is 29.9 Å². The van der Waals surface area contributed by atoms with Gasteiger partial charge < -0.3 is 14.0 Å². The molecule has 0 aromatic heterocycles. The van der Waals surface area contributed by atoms with Crippen molar-refractivity contribution in [3.63, 3.8) is 0 Å². The molecule has 1 aliphatic carbocycles. The normalized spacial score (nSPS) is 26.8. The van der Waals surface area contributed by atoms with Gasteiger partial charge in [0.1, 0.15) is 5.60 Å². The van der Waals surface area contributed by atoms with Crippen LogP contribution in [0, 0.1) is 5.92 Å². The van der Waals surface area contributed by atoms with E-state index in [0.29, 0.717) is 12.3 Å².